The van der Waals surface area contributed by atoms with Crippen LogP contribution in [-0.2, 0) is 0 Å². The molecular weight excluding hydrogens is 184 g/mol. The van der Waals surface area contributed by atoms with Gasteiger partial charge in [-0.3, -0.25) is 5.41 Å². The number of amidine groups is 1. The number of rotatable bonds is 2. The van der Waals surface area contributed by atoms with Crippen LogP contribution in [0.15, 0.2) is 54.6 Å². The van der Waals surface area contributed by atoms with Crippen LogP contribution in [-0.4, -0.2) is 5.84 Å². The summed E-state index contributed by atoms with van der Waals surface area (Å²) in [6.07, 6.45) is 0. The number of benzene rings is 2. The van der Waals surface area contributed by atoms with Crippen LogP contribution >= 0.6 is 0 Å². The highest BCUT2D eigenvalue weighted by atomic mass is 14.7. The van der Waals surface area contributed by atoms with E-state index in [1.165, 1.54) is 5.56 Å². The highest BCUT2D eigenvalue weighted by Crippen LogP contribution is 2.18. The molecule has 0 unspecified atom stereocenters. The molecule has 0 aliphatic carbocycles. The molecule has 0 saturated carbocycles. The second kappa shape index (κ2) is 3.96. The Morgan fingerprint density at radius 1 is 0.800 bits per heavy atom. The quantitative estimate of drug-likeness (QED) is 0.563. The van der Waals surface area contributed by atoms with Gasteiger partial charge in [0.1, 0.15) is 5.84 Å². The lowest BCUT2D eigenvalue weighted by Gasteiger charge is -2.02. The van der Waals surface area contributed by atoms with E-state index >= 15 is 0 Å². The van der Waals surface area contributed by atoms with Gasteiger partial charge in [0, 0.05) is 5.56 Å². The number of nitrogen functional groups attached to an aromatic ring is 1. The molecule has 0 radical (unpaired) electrons. The van der Waals surface area contributed by atoms with E-state index in [2.05, 4.69) is 12.1 Å². The molecule has 0 aliphatic heterocycles. The summed E-state index contributed by atoms with van der Waals surface area (Å²) in [6, 6.07) is 17.8. The van der Waals surface area contributed by atoms with Crippen molar-refractivity contribution in [2.45, 2.75) is 0 Å². The SMILES string of the molecule is N=C(N)c1ccc(-c2ccccc2)cc1. The molecule has 0 bridgehead atoms. The first kappa shape index (κ1) is 9.46. The minimum absolute atomic E-state index is 0.106. The second-order valence-electron chi connectivity index (χ2n) is 3.36. The van der Waals surface area contributed by atoms with Gasteiger partial charge in [-0.15, -0.1) is 0 Å². The monoisotopic (exact) mass is 196 g/mol. The van der Waals surface area contributed by atoms with Gasteiger partial charge in [0.05, 0.1) is 0 Å². The van der Waals surface area contributed by atoms with Crippen LogP contribution in [0.3, 0.4) is 0 Å². The molecule has 15 heavy (non-hydrogen) atoms. The van der Waals surface area contributed by atoms with Crippen molar-refractivity contribution in [2.24, 2.45) is 5.73 Å². The van der Waals surface area contributed by atoms with E-state index in [1.807, 2.05) is 42.5 Å². The molecule has 0 spiro atoms. The maximum absolute atomic E-state index is 7.29. The fourth-order valence-corrected chi connectivity index (χ4v) is 1.47. The molecule has 0 atom stereocenters. The highest BCUT2D eigenvalue weighted by Gasteiger charge is 1.98. The van der Waals surface area contributed by atoms with Crippen molar-refractivity contribution in [3.05, 3.63) is 60.2 Å². The fraction of sp³-hybridized carbons (Fsp3) is 0. The summed E-state index contributed by atoms with van der Waals surface area (Å²) < 4.78 is 0. The molecule has 0 aromatic heterocycles. The number of nitrogens with one attached hydrogen (secondary N) is 1. The highest BCUT2D eigenvalue weighted by molar-refractivity contribution is 5.95. The normalized spacial score (nSPS) is 9.87. The zero-order valence-corrected chi connectivity index (χ0v) is 8.27. The Morgan fingerprint density at radius 2 is 1.33 bits per heavy atom. The van der Waals surface area contributed by atoms with Crippen molar-refractivity contribution in [1.29, 1.82) is 5.41 Å². The first-order valence-corrected chi connectivity index (χ1v) is 4.77. The standard InChI is InChI=1S/C13H12N2/c14-13(15)12-8-6-11(7-9-12)10-4-2-1-3-5-10/h1-9H,(H3,14,15). The predicted molar refractivity (Wildman–Crippen MR) is 62.9 cm³/mol. The number of nitrogens with two attached hydrogens (primary N) is 1. The predicted octanol–water partition coefficient (Wildman–Crippen LogP) is 2.64. The van der Waals surface area contributed by atoms with Gasteiger partial charge in [-0.05, 0) is 11.1 Å². The Balaban J connectivity index is 2.36. The lowest BCUT2D eigenvalue weighted by molar-refractivity contribution is 1.42. The van der Waals surface area contributed by atoms with E-state index in [-0.39, 0.29) is 5.84 Å². The number of hydrogen-bond donors (Lipinski definition) is 2. The molecule has 0 amide bonds. The smallest absolute Gasteiger partial charge is 0.122 e. The van der Waals surface area contributed by atoms with Crippen LogP contribution in [0.1, 0.15) is 5.56 Å². The molecular formula is C13H12N2. The first-order chi connectivity index (χ1) is 7.27. The minimum Gasteiger partial charge on any atom is -0.384 e. The van der Waals surface area contributed by atoms with Gasteiger partial charge < -0.3 is 5.73 Å². The van der Waals surface area contributed by atoms with Gasteiger partial charge in [0.25, 0.3) is 0 Å². The third-order valence-corrected chi connectivity index (χ3v) is 2.30. The third kappa shape index (κ3) is 2.05. The number of hydrogen-bond acceptors (Lipinski definition) is 1. The topological polar surface area (TPSA) is 49.9 Å². The van der Waals surface area contributed by atoms with Crippen LogP contribution in [0.4, 0.5) is 0 Å². The Hall–Kier alpha value is -2.09. The van der Waals surface area contributed by atoms with Crippen molar-refractivity contribution in [3.8, 4) is 11.1 Å². The minimum atomic E-state index is 0.106. The van der Waals surface area contributed by atoms with Gasteiger partial charge in [-0.25, -0.2) is 0 Å². The van der Waals surface area contributed by atoms with Crippen molar-refractivity contribution < 1.29 is 0 Å². The van der Waals surface area contributed by atoms with Gasteiger partial charge >= 0.3 is 0 Å². The zero-order chi connectivity index (χ0) is 10.7. The average molecular weight is 196 g/mol. The Morgan fingerprint density at radius 3 is 1.87 bits per heavy atom. The summed E-state index contributed by atoms with van der Waals surface area (Å²) in [5.41, 5.74) is 8.46. The summed E-state index contributed by atoms with van der Waals surface area (Å²) in [5.74, 6) is 0.106. The maximum Gasteiger partial charge on any atom is 0.122 e. The van der Waals surface area contributed by atoms with Gasteiger partial charge in [0.15, 0.2) is 0 Å². The fourth-order valence-electron chi connectivity index (χ4n) is 1.47. The Kier molecular flexibility index (Phi) is 2.50. The van der Waals surface area contributed by atoms with Crippen LogP contribution in [0.5, 0.6) is 0 Å². The molecule has 0 fully saturated rings. The third-order valence-electron chi connectivity index (χ3n) is 2.30. The van der Waals surface area contributed by atoms with E-state index in [1.54, 1.807) is 0 Å². The van der Waals surface area contributed by atoms with E-state index in [0.29, 0.717) is 0 Å². The Bertz CT molecular complexity index is 458. The van der Waals surface area contributed by atoms with Crippen LogP contribution in [0, 0.1) is 5.41 Å². The molecule has 2 heteroatoms. The summed E-state index contributed by atoms with van der Waals surface area (Å²) in [5, 5.41) is 7.29. The van der Waals surface area contributed by atoms with Crippen molar-refractivity contribution in [2.75, 3.05) is 0 Å². The summed E-state index contributed by atoms with van der Waals surface area (Å²) in [7, 11) is 0. The zero-order valence-electron chi connectivity index (χ0n) is 8.27. The van der Waals surface area contributed by atoms with E-state index < -0.39 is 0 Å². The summed E-state index contributed by atoms with van der Waals surface area (Å²) in [4.78, 5) is 0. The van der Waals surface area contributed by atoms with Crippen molar-refractivity contribution in [3.63, 3.8) is 0 Å². The molecule has 2 nitrogen and oxygen atoms in total. The van der Waals surface area contributed by atoms with E-state index in [9.17, 15) is 0 Å². The van der Waals surface area contributed by atoms with Crippen LogP contribution in [0.2, 0.25) is 0 Å². The van der Waals surface area contributed by atoms with Gasteiger partial charge in [-0.1, -0.05) is 54.6 Å². The van der Waals surface area contributed by atoms with E-state index in [4.69, 9.17) is 11.1 Å². The lowest BCUT2D eigenvalue weighted by Crippen LogP contribution is -2.10. The lowest BCUT2D eigenvalue weighted by atomic mass is 10.0. The molecule has 3 N–H and O–H groups in total. The van der Waals surface area contributed by atoms with Gasteiger partial charge in [-0.2, -0.15) is 0 Å². The summed E-state index contributed by atoms with van der Waals surface area (Å²) in [6.45, 7) is 0. The molecule has 2 aromatic carbocycles. The molecule has 74 valence electrons. The van der Waals surface area contributed by atoms with Crippen molar-refractivity contribution in [1.82, 2.24) is 0 Å². The van der Waals surface area contributed by atoms with Gasteiger partial charge in [0.2, 0.25) is 0 Å². The van der Waals surface area contributed by atoms with E-state index in [0.717, 1.165) is 11.1 Å². The molecule has 2 rings (SSSR count). The average Bonchev–Trinajstić information content (AvgIpc) is 2.30. The second-order valence-corrected chi connectivity index (χ2v) is 3.36. The maximum atomic E-state index is 7.29. The van der Waals surface area contributed by atoms with Crippen LogP contribution in [0.25, 0.3) is 11.1 Å². The first-order valence-electron chi connectivity index (χ1n) is 4.77. The molecule has 2 aromatic rings. The molecule has 0 aliphatic rings. The molecule has 0 heterocycles. The largest absolute Gasteiger partial charge is 0.384 e. The van der Waals surface area contributed by atoms with Crippen molar-refractivity contribution >= 4 is 5.84 Å². The Labute approximate surface area is 88.9 Å². The molecule has 0 saturated heterocycles. The summed E-state index contributed by atoms with van der Waals surface area (Å²) >= 11 is 0. The van der Waals surface area contributed by atoms with Crippen LogP contribution < -0.4 is 5.73 Å².